The smallest absolute Gasteiger partial charge is 0.0436 e. The minimum Gasteiger partial charge on any atom is -0.396 e. The van der Waals surface area contributed by atoms with Crippen LogP contribution in [0.25, 0.3) is 0 Å². The quantitative estimate of drug-likeness (QED) is 0.651. The van der Waals surface area contributed by atoms with Crippen LogP contribution in [0, 0.1) is 17.3 Å². The molecule has 1 unspecified atom stereocenters. The Balaban J connectivity index is 2.57. The van der Waals surface area contributed by atoms with E-state index in [0.29, 0.717) is 12.0 Å². The van der Waals surface area contributed by atoms with E-state index in [0.717, 1.165) is 18.3 Å². The molecule has 0 aliphatic heterocycles. The molecule has 66 valence electrons. The van der Waals surface area contributed by atoms with Crippen molar-refractivity contribution in [1.29, 1.82) is 0 Å². The summed E-state index contributed by atoms with van der Waals surface area (Å²) in [5.41, 5.74) is 0.425. The molecule has 1 aliphatic carbocycles. The zero-order valence-electron chi connectivity index (χ0n) is 7.93. The summed E-state index contributed by atoms with van der Waals surface area (Å²) in [6, 6.07) is 0. The van der Waals surface area contributed by atoms with E-state index in [1.54, 1.807) is 0 Å². The van der Waals surface area contributed by atoms with Gasteiger partial charge in [-0.1, -0.05) is 20.8 Å². The summed E-state index contributed by atoms with van der Waals surface area (Å²) < 4.78 is 0. The fourth-order valence-corrected chi connectivity index (χ4v) is 2.33. The first-order valence-corrected chi connectivity index (χ1v) is 4.71. The second-order valence-electron chi connectivity index (χ2n) is 4.43. The Kier molecular flexibility index (Phi) is 2.58. The van der Waals surface area contributed by atoms with Crippen molar-refractivity contribution in [2.24, 2.45) is 17.3 Å². The molecule has 1 N–H and O–H groups in total. The van der Waals surface area contributed by atoms with Crippen molar-refractivity contribution in [3.05, 3.63) is 0 Å². The van der Waals surface area contributed by atoms with Crippen molar-refractivity contribution >= 4 is 0 Å². The zero-order chi connectivity index (χ0) is 8.48. The highest BCUT2D eigenvalue weighted by atomic mass is 16.3. The molecule has 0 aromatic rings. The summed E-state index contributed by atoms with van der Waals surface area (Å²) in [6.07, 6.45) is 3.63. The van der Waals surface area contributed by atoms with E-state index < -0.39 is 0 Å². The van der Waals surface area contributed by atoms with E-state index in [4.69, 9.17) is 5.11 Å². The van der Waals surface area contributed by atoms with Crippen LogP contribution < -0.4 is 0 Å². The molecule has 1 aliphatic rings. The van der Waals surface area contributed by atoms with Gasteiger partial charge in [0.05, 0.1) is 0 Å². The summed E-state index contributed by atoms with van der Waals surface area (Å²) >= 11 is 0. The van der Waals surface area contributed by atoms with Crippen molar-refractivity contribution in [3.8, 4) is 0 Å². The van der Waals surface area contributed by atoms with E-state index in [2.05, 4.69) is 20.8 Å². The molecule has 0 heterocycles. The van der Waals surface area contributed by atoms with Gasteiger partial charge < -0.3 is 5.11 Å². The Labute approximate surface area is 69.8 Å². The molecular weight excluding hydrogens is 136 g/mol. The molecule has 0 bridgehead atoms. The third-order valence-electron chi connectivity index (χ3n) is 3.81. The van der Waals surface area contributed by atoms with Crippen molar-refractivity contribution in [2.75, 3.05) is 6.61 Å². The average molecular weight is 156 g/mol. The predicted octanol–water partition coefficient (Wildman–Crippen LogP) is 2.44. The van der Waals surface area contributed by atoms with Crippen LogP contribution in [0.15, 0.2) is 0 Å². The van der Waals surface area contributed by atoms with Gasteiger partial charge in [0.25, 0.3) is 0 Å². The second-order valence-corrected chi connectivity index (χ2v) is 4.43. The molecule has 11 heavy (non-hydrogen) atoms. The van der Waals surface area contributed by atoms with Gasteiger partial charge in [0.2, 0.25) is 0 Å². The van der Waals surface area contributed by atoms with E-state index >= 15 is 0 Å². The fourth-order valence-electron chi connectivity index (χ4n) is 2.33. The first kappa shape index (κ1) is 9.05. The Morgan fingerprint density at radius 2 is 2.09 bits per heavy atom. The number of hydrogen-bond donors (Lipinski definition) is 1. The maximum Gasteiger partial charge on any atom is 0.0436 e. The molecule has 0 radical (unpaired) electrons. The first-order chi connectivity index (χ1) is 5.10. The Morgan fingerprint density at radius 1 is 1.45 bits per heavy atom. The van der Waals surface area contributed by atoms with Crippen LogP contribution in [0.3, 0.4) is 0 Å². The van der Waals surface area contributed by atoms with E-state index in [1.165, 1.54) is 12.8 Å². The molecule has 1 fully saturated rings. The maximum atomic E-state index is 8.90. The summed E-state index contributed by atoms with van der Waals surface area (Å²) in [5, 5.41) is 8.90. The minimum absolute atomic E-state index is 0.355. The van der Waals surface area contributed by atoms with Gasteiger partial charge in [0.1, 0.15) is 0 Å². The van der Waals surface area contributed by atoms with Gasteiger partial charge >= 0.3 is 0 Å². The predicted molar refractivity (Wildman–Crippen MR) is 47.4 cm³/mol. The standard InChI is InChI=1S/C10H20O/c1-8-4-5-10(3,6-7-11)9(8)2/h8-9,11H,4-7H2,1-3H3/t8?,9-,10+/m0/s1. The van der Waals surface area contributed by atoms with Gasteiger partial charge in [-0.15, -0.1) is 0 Å². The summed E-state index contributed by atoms with van der Waals surface area (Å²) in [5.74, 6) is 1.64. The molecule has 0 aromatic carbocycles. The maximum absolute atomic E-state index is 8.90. The highest BCUT2D eigenvalue weighted by Crippen LogP contribution is 2.48. The van der Waals surface area contributed by atoms with E-state index in [-0.39, 0.29) is 0 Å². The van der Waals surface area contributed by atoms with Gasteiger partial charge in [-0.2, -0.15) is 0 Å². The first-order valence-electron chi connectivity index (χ1n) is 4.71. The van der Waals surface area contributed by atoms with Gasteiger partial charge in [-0.25, -0.2) is 0 Å². The van der Waals surface area contributed by atoms with Crippen molar-refractivity contribution < 1.29 is 5.11 Å². The normalized spacial score (nSPS) is 44.7. The number of aliphatic hydroxyl groups excluding tert-OH is 1. The third-order valence-corrected chi connectivity index (χ3v) is 3.81. The molecule has 0 saturated heterocycles. The van der Waals surface area contributed by atoms with Crippen LogP contribution in [-0.2, 0) is 0 Å². The van der Waals surface area contributed by atoms with Crippen molar-refractivity contribution in [2.45, 2.75) is 40.0 Å². The molecule has 1 heteroatoms. The van der Waals surface area contributed by atoms with Crippen LogP contribution in [0.5, 0.6) is 0 Å². The minimum atomic E-state index is 0.355. The lowest BCUT2D eigenvalue weighted by Crippen LogP contribution is -2.23. The molecule has 0 spiro atoms. The molecular formula is C10H20O. The summed E-state index contributed by atoms with van der Waals surface area (Å²) in [4.78, 5) is 0. The van der Waals surface area contributed by atoms with Gasteiger partial charge in [0.15, 0.2) is 0 Å². The van der Waals surface area contributed by atoms with Crippen molar-refractivity contribution in [3.63, 3.8) is 0 Å². The average Bonchev–Trinajstić information content (AvgIpc) is 2.19. The molecule has 3 atom stereocenters. The second kappa shape index (κ2) is 3.14. The van der Waals surface area contributed by atoms with Crippen LogP contribution in [0.1, 0.15) is 40.0 Å². The Morgan fingerprint density at radius 3 is 2.45 bits per heavy atom. The Bertz CT molecular complexity index is 129. The Hall–Kier alpha value is -0.0400. The van der Waals surface area contributed by atoms with Gasteiger partial charge in [-0.05, 0) is 36.5 Å². The number of aliphatic hydroxyl groups is 1. The molecule has 0 amide bonds. The van der Waals surface area contributed by atoms with Crippen LogP contribution in [-0.4, -0.2) is 11.7 Å². The number of hydrogen-bond acceptors (Lipinski definition) is 1. The third kappa shape index (κ3) is 1.58. The van der Waals surface area contributed by atoms with Crippen LogP contribution in [0.4, 0.5) is 0 Å². The van der Waals surface area contributed by atoms with Crippen molar-refractivity contribution in [1.82, 2.24) is 0 Å². The highest BCUT2D eigenvalue weighted by molar-refractivity contribution is 4.89. The van der Waals surface area contributed by atoms with E-state index in [1.807, 2.05) is 0 Å². The molecule has 0 aromatic heterocycles. The molecule has 1 nitrogen and oxygen atoms in total. The van der Waals surface area contributed by atoms with E-state index in [9.17, 15) is 0 Å². The summed E-state index contributed by atoms with van der Waals surface area (Å²) in [7, 11) is 0. The number of rotatable bonds is 2. The lowest BCUT2D eigenvalue weighted by molar-refractivity contribution is 0.149. The molecule has 1 rings (SSSR count). The summed E-state index contributed by atoms with van der Waals surface area (Å²) in [6.45, 7) is 7.32. The fraction of sp³-hybridized carbons (Fsp3) is 1.00. The van der Waals surface area contributed by atoms with Crippen LogP contribution in [0.2, 0.25) is 0 Å². The zero-order valence-corrected chi connectivity index (χ0v) is 7.93. The van der Waals surface area contributed by atoms with Gasteiger partial charge in [0, 0.05) is 6.61 Å². The monoisotopic (exact) mass is 156 g/mol. The topological polar surface area (TPSA) is 20.2 Å². The van der Waals surface area contributed by atoms with Crippen LogP contribution >= 0.6 is 0 Å². The lowest BCUT2D eigenvalue weighted by atomic mass is 9.76. The largest absolute Gasteiger partial charge is 0.396 e. The highest BCUT2D eigenvalue weighted by Gasteiger charge is 2.39. The SMILES string of the molecule is CC1CC[C@](C)(CCO)[C@H]1C. The molecule has 1 saturated carbocycles. The lowest BCUT2D eigenvalue weighted by Gasteiger charge is -2.29. The van der Waals surface area contributed by atoms with Gasteiger partial charge in [-0.3, -0.25) is 0 Å².